The summed E-state index contributed by atoms with van der Waals surface area (Å²) in [6.45, 7) is 2.12. The second-order valence-electron chi connectivity index (χ2n) is 5.38. The number of hydrogen-bond donors (Lipinski definition) is 0. The van der Waals surface area contributed by atoms with Gasteiger partial charge in [-0.25, -0.2) is 8.78 Å². The fraction of sp³-hybridized carbons (Fsp3) is 0.100. The number of aryl methyl sites for hydroxylation is 1. The largest absolute Gasteiger partial charge is 0.205 e. The van der Waals surface area contributed by atoms with Gasteiger partial charge in [-0.05, 0) is 46.4 Å². The van der Waals surface area contributed by atoms with Crippen LogP contribution in [0.15, 0.2) is 60.7 Å². The normalized spacial score (nSPS) is 10.8. The van der Waals surface area contributed by atoms with Crippen LogP contribution >= 0.6 is 11.6 Å². The smallest absolute Gasteiger partial charge is 0.145 e. The summed E-state index contributed by atoms with van der Waals surface area (Å²) in [4.78, 5) is 0. The van der Waals surface area contributed by atoms with Crippen LogP contribution in [0, 0.1) is 11.6 Å². The van der Waals surface area contributed by atoms with Gasteiger partial charge in [-0.2, -0.15) is 0 Å². The van der Waals surface area contributed by atoms with Gasteiger partial charge in [0.15, 0.2) is 0 Å². The first kappa shape index (κ1) is 15.7. The van der Waals surface area contributed by atoms with Crippen molar-refractivity contribution in [3.63, 3.8) is 0 Å². The van der Waals surface area contributed by atoms with Crippen LogP contribution in [0.1, 0.15) is 12.5 Å². The minimum atomic E-state index is -0.749. The van der Waals surface area contributed by atoms with Crippen molar-refractivity contribution in [1.29, 1.82) is 0 Å². The first-order valence-corrected chi connectivity index (χ1v) is 7.80. The molecule has 0 aromatic heterocycles. The van der Waals surface area contributed by atoms with Gasteiger partial charge in [0.2, 0.25) is 0 Å². The van der Waals surface area contributed by atoms with E-state index >= 15 is 0 Å². The monoisotopic (exact) mass is 328 g/mol. The molecule has 3 heteroatoms. The molecule has 3 aromatic rings. The Kier molecular flexibility index (Phi) is 4.44. The fourth-order valence-corrected chi connectivity index (χ4v) is 2.62. The lowest BCUT2D eigenvalue weighted by atomic mass is 9.99. The van der Waals surface area contributed by atoms with Crippen LogP contribution < -0.4 is 0 Å². The highest BCUT2D eigenvalue weighted by Crippen LogP contribution is 2.29. The summed E-state index contributed by atoms with van der Waals surface area (Å²) in [6, 6.07) is 18.5. The molecule has 0 aliphatic carbocycles. The lowest BCUT2D eigenvalue weighted by Crippen LogP contribution is -1.87. The van der Waals surface area contributed by atoms with Crippen molar-refractivity contribution in [3.05, 3.63) is 82.9 Å². The quantitative estimate of drug-likeness (QED) is 0.480. The van der Waals surface area contributed by atoms with E-state index in [2.05, 4.69) is 31.2 Å². The molecule has 0 fully saturated rings. The third kappa shape index (κ3) is 3.27. The van der Waals surface area contributed by atoms with Crippen molar-refractivity contribution in [1.82, 2.24) is 0 Å². The Balaban J connectivity index is 1.92. The molecule has 0 saturated heterocycles. The first-order valence-electron chi connectivity index (χ1n) is 7.43. The maximum atomic E-state index is 13.6. The van der Waals surface area contributed by atoms with Gasteiger partial charge in [0.1, 0.15) is 16.7 Å². The summed E-state index contributed by atoms with van der Waals surface area (Å²) >= 11 is 5.52. The van der Waals surface area contributed by atoms with Gasteiger partial charge in [0.05, 0.1) is 0 Å². The van der Waals surface area contributed by atoms with Crippen LogP contribution in [0.2, 0.25) is 5.02 Å². The van der Waals surface area contributed by atoms with Gasteiger partial charge >= 0.3 is 0 Å². The van der Waals surface area contributed by atoms with Gasteiger partial charge in [-0.3, -0.25) is 0 Å². The summed E-state index contributed by atoms with van der Waals surface area (Å²) in [5.74, 6) is -1.50. The third-order valence-corrected chi connectivity index (χ3v) is 4.26. The Labute approximate surface area is 139 Å². The van der Waals surface area contributed by atoms with E-state index in [4.69, 9.17) is 11.6 Å². The highest BCUT2D eigenvalue weighted by Gasteiger charge is 2.10. The molecule has 0 aliphatic heterocycles. The van der Waals surface area contributed by atoms with Crippen LogP contribution in [0.4, 0.5) is 8.78 Å². The van der Waals surface area contributed by atoms with E-state index in [9.17, 15) is 8.78 Å². The zero-order valence-corrected chi connectivity index (χ0v) is 13.4. The second-order valence-corrected chi connectivity index (χ2v) is 5.76. The van der Waals surface area contributed by atoms with Gasteiger partial charge in [0, 0.05) is 0 Å². The minimum absolute atomic E-state index is 0.470. The second kappa shape index (κ2) is 6.51. The van der Waals surface area contributed by atoms with Crippen molar-refractivity contribution in [2.24, 2.45) is 0 Å². The van der Waals surface area contributed by atoms with Crippen molar-refractivity contribution in [3.8, 4) is 22.3 Å². The molecule has 0 aliphatic rings. The van der Waals surface area contributed by atoms with E-state index in [1.54, 1.807) is 0 Å². The summed E-state index contributed by atoms with van der Waals surface area (Å²) < 4.78 is 27.1. The van der Waals surface area contributed by atoms with Crippen LogP contribution in [0.25, 0.3) is 22.3 Å². The van der Waals surface area contributed by atoms with Crippen LogP contribution in [-0.4, -0.2) is 0 Å². The molecular formula is C20H15ClF2. The van der Waals surface area contributed by atoms with Crippen LogP contribution in [0.3, 0.4) is 0 Å². The van der Waals surface area contributed by atoms with E-state index < -0.39 is 16.7 Å². The minimum Gasteiger partial charge on any atom is -0.205 e. The van der Waals surface area contributed by atoms with E-state index in [-0.39, 0.29) is 0 Å². The van der Waals surface area contributed by atoms with Crippen molar-refractivity contribution in [2.45, 2.75) is 13.3 Å². The summed E-state index contributed by atoms with van der Waals surface area (Å²) in [7, 11) is 0. The average Bonchev–Trinajstić information content (AvgIpc) is 2.59. The Morgan fingerprint density at radius 3 is 1.52 bits per heavy atom. The molecule has 0 unspecified atom stereocenters. The standard InChI is InChI=1S/C20H15ClF2/c1-2-13-3-5-14(6-4-13)15-7-9-16(10-8-15)17-11-18(22)20(21)19(23)12-17/h3-12H,2H2,1H3. The van der Waals surface area contributed by atoms with E-state index in [1.165, 1.54) is 17.7 Å². The average molecular weight is 329 g/mol. The molecule has 0 N–H and O–H groups in total. The highest BCUT2D eigenvalue weighted by molar-refractivity contribution is 6.31. The van der Waals surface area contributed by atoms with Crippen LogP contribution in [0.5, 0.6) is 0 Å². The highest BCUT2D eigenvalue weighted by atomic mass is 35.5. The molecule has 0 bridgehead atoms. The maximum Gasteiger partial charge on any atom is 0.145 e. The summed E-state index contributed by atoms with van der Waals surface area (Å²) in [5.41, 5.74) is 4.68. The zero-order chi connectivity index (χ0) is 16.4. The van der Waals surface area contributed by atoms with Gasteiger partial charge in [0.25, 0.3) is 0 Å². The lowest BCUT2D eigenvalue weighted by Gasteiger charge is -2.07. The van der Waals surface area contributed by atoms with Crippen molar-refractivity contribution in [2.75, 3.05) is 0 Å². The SMILES string of the molecule is CCc1ccc(-c2ccc(-c3cc(F)c(Cl)c(F)c3)cc2)cc1. The van der Waals surface area contributed by atoms with E-state index in [0.29, 0.717) is 5.56 Å². The number of halogens is 3. The molecule has 0 amide bonds. The Morgan fingerprint density at radius 1 is 0.696 bits per heavy atom. The molecular weight excluding hydrogens is 314 g/mol. The number of hydrogen-bond acceptors (Lipinski definition) is 0. The third-order valence-electron chi connectivity index (χ3n) is 3.90. The maximum absolute atomic E-state index is 13.6. The predicted molar refractivity (Wildman–Crippen MR) is 91.6 cm³/mol. The zero-order valence-electron chi connectivity index (χ0n) is 12.6. The first-order chi connectivity index (χ1) is 11.1. The molecule has 0 atom stereocenters. The molecule has 116 valence electrons. The Hall–Kier alpha value is -2.19. The van der Waals surface area contributed by atoms with Crippen molar-refractivity contribution >= 4 is 11.6 Å². The molecule has 0 saturated carbocycles. The van der Waals surface area contributed by atoms with Gasteiger partial charge < -0.3 is 0 Å². The van der Waals surface area contributed by atoms with Crippen molar-refractivity contribution < 1.29 is 8.78 Å². The number of benzene rings is 3. The van der Waals surface area contributed by atoms with E-state index in [1.807, 2.05) is 24.3 Å². The molecule has 23 heavy (non-hydrogen) atoms. The molecule has 0 nitrogen and oxygen atoms in total. The van der Waals surface area contributed by atoms with Gasteiger partial charge in [-0.1, -0.05) is 67.1 Å². The summed E-state index contributed by atoms with van der Waals surface area (Å²) in [5, 5.41) is -0.471. The lowest BCUT2D eigenvalue weighted by molar-refractivity contribution is 0.585. The summed E-state index contributed by atoms with van der Waals surface area (Å²) in [6.07, 6.45) is 1.01. The Morgan fingerprint density at radius 2 is 1.09 bits per heavy atom. The number of rotatable bonds is 3. The molecule has 3 aromatic carbocycles. The molecule has 3 rings (SSSR count). The fourth-order valence-electron chi connectivity index (χ4n) is 2.51. The molecule has 0 radical (unpaired) electrons. The predicted octanol–water partition coefficient (Wildman–Crippen LogP) is 6.51. The van der Waals surface area contributed by atoms with Gasteiger partial charge in [-0.15, -0.1) is 0 Å². The van der Waals surface area contributed by atoms with E-state index in [0.717, 1.165) is 23.1 Å². The Bertz CT molecular complexity index is 798. The molecule has 0 heterocycles. The van der Waals surface area contributed by atoms with Crippen LogP contribution in [-0.2, 0) is 6.42 Å². The topological polar surface area (TPSA) is 0 Å². The molecule has 0 spiro atoms.